The van der Waals surface area contributed by atoms with Crippen LogP contribution in [-0.4, -0.2) is 35.5 Å². The van der Waals surface area contributed by atoms with Gasteiger partial charge < -0.3 is 29.2 Å². The average molecular weight is 344 g/mol. The lowest BCUT2D eigenvalue weighted by Crippen LogP contribution is -2.06. The number of carboxylic acid groups (broad SMARTS) is 1. The van der Waals surface area contributed by atoms with E-state index in [0.29, 0.717) is 22.4 Å². The van der Waals surface area contributed by atoms with Crippen molar-refractivity contribution in [3.63, 3.8) is 0 Å². The summed E-state index contributed by atoms with van der Waals surface area (Å²) in [4.78, 5) is 11.9. The number of hydrogen-bond donors (Lipinski definition) is 3. The van der Waals surface area contributed by atoms with Crippen molar-refractivity contribution in [3.8, 4) is 28.4 Å². The summed E-state index contributed by atoms with van der Waals surface area (Å²) in [5.41, 5.74) is 0.639. The predicted octanol–water partition coefficient (Wildman–Crippen LogP) is 3.01. The van der Waals surface area contributed by atoms with Crippen molar-refractivity contribution in [2.24, 2.45) is 0 Å². The van der Waals surface area contributed by atoms with Gasteiger partial charge in [-0.15, -0.1) is 0 Å². The zero-order valence-corrected chi connectivity index (χ0v) is 13.6. The Morgan fingerprint density at radius 1 is 1.16 bits per heavy atom. The van der Waals surface area contributed by atoms with Crippen LogP contribution < -0.4 is 9.47 Å². The molecule has 0 atom stereocenters. The molecule has 25 heavy (non-hydrogen) atoms. The van der Waals surface area contributed by atoms with Gasteiger partial charge in [0, 0.05) is 11.1 Å². The van der Waals surface area contributed by atoms with E-state index in [1.54, 1.807) is 18.2 Å². The van der Waals surface area contributed by atoms with E-state index in [-0.39, 0.29) is 28.0 Å². The summed E-state index contributed by atoms with van der Waals surface area (Å²) >= 11 is 0. The molecule has 0 unspecified atom stereocenters. The van der Waals surface area contributed by atoms with Crippen LogP contribution in [0.3, 0.4) is 0 Å². The van der Waals surface area contributed by atoms with Crippen LogP contribution in [0.15, 0.2) is 34.9 Å². The van der Waals surface area contributed by atoms with Crippen molar-refractivity contribution >= 4 is 16.9 Å². The third-order valence-electron chi connectivity index (χ3n) is 4.03. The van der Waals surface area contributed by atoms with Gasteiger partial charge in [0.15, 0.2) is 11.5 Å². The Kier molecular flexibility index (Phi) is 4.24. The molecule has 0 saturated carbocycles. The molecular formula is C18H16O7. The highest BCUT2D eigenvalue weighted by Crippen LogP contribution is 2.43. The van der Waals surface area contributed by atoms with Crippen LogP contribution in [0.25, 0.3) is 22.1 Å². The largest absolute Gasteiger partial charge is 0.507 e. The number of carboxylic acids is 1. The highest BCUT2D eigenvalue weighted by Gasteiger charge is 2.26. The van der Waals surface area contributed by atoms with Gasteiger partial charge in [-0.3, -0.25) is 0 Å². The molecule has 0 fully saturated rings. The van der Waals surface area contributed by atoms with Crippen LogP contribution in [0.5, 0.6) is 17.2 Å². The standard InChI is InChI=1S/C18H16O7/c1-23-12-4-3-9(7-13(12)24-2)14-15(18(21)22)11(8-19)16(20)10-5-6-25-17(10)14/h3-7,19-20H,8H2,1-2H3,(H,21,22). The number of aromatic carboxylic acids is 1. The zero-order chi connectivity index (χ0) is 18.1. The first-order valence-corrected chi connectivity index (χ1v) is 7.35. The molecule has 0 spiro atoms. The van der Waals surface area contributed by atoms with E-state index in [9.17, 15) is 20.1 Å². The predicted molar refractivity (Wildman–Crippen MR) is 89.3 cm³/mol. The highest BCUT2D eigenvalue weighted by molar-refractivity contribution is 6.09. The number of furan rings is 1. The molecule has 0 radical (unpaired) electrons. The number of carbonyl (C=O) groups is 1. The first-order valence-electron chi connectivity index (χ1n) is 7.35. The molecule has 3 N–H and O–H groups in total. The smallest absolute Gasteiger partial charge is 0.336 e. The van der Waals surface area contributed by atoms with E-state index >= 15 is 0 Å². The fraction of sp³-hybridized carbons (Fsp3) is 0.167. The number of rotatable bonds is 5. The number of aliphatic hydroxyl groups excluding tert-OH is 1. The Bertz CT molecular complexity index is 956. The van der Waals surface area contributed by atoms with E-state index in [4.69, 9.17) is 13.9 Å². The molecule has 0 saturated heterocycles. The van der Waals surface area contributed by atoms with Crippen molar-refractivity contribution in [2.45, 2.75) is 6.61 Å². The van der Waals surface area contributed by atoms with Gasteiger partial charge in [-0.1, -0.05) is 6.07 Å². The number of hydrogen-bond acceptors (Lipinski definition) is 6. The number of benzene rings is 2. The van der Waals surface area contributed by atoms with Crippen LogP contribution in [0.2, 0.25) is 0 Å². The summed E-state index contributed by atoms with van der Waals surface area (Å²) in [6.45, 7) is -0.630. The van der Waals surface area contributed by atoms with Crippen molar-refractivity contribution < 1.29 is 34.0 Å². The number of aliphatic hydroxyl groups is 1. The second-order valence-corrected chi connectivity index (χ2v) is 5.27. The Morgan fingerprint density at radius 2 is 1.88 bits per heavy atom. The van der Waals surface area contributed by atoms with Gasteiger partial charge >= 0.3 is 5.97 Å². The molecule has 0 aliphatic heterocycles. The zero-order valence-electron chi connectivity index (χ0n) is 13.6. The molecule has 7 nitrogen and oxygen atoms in total. The lowest BCUT2D eigenvalue weighted by Gasteiger charge is -2.15. The first-order chi connectivity index (χ1) is 12.0. The van der Waals surface area contributed by atoms with Gasteiger partial charge in [0.2, 0.25) is 0 Å². The summed E-state index contributed by atoms with van der Waals surface area (Å²) in [5.74, 6) is -0.704. The molecule has 7 heteroatoms. The maximum Gasteiger partial charge on any atom is 0.336 e. The Balaban J connectivity index is 2.43. The summed E-state index contributed by atoms with van der Waals surface area (Å²) in [5, 5.41) is 29.9. The topological polar surface area (TPSA) is 109 Å². The van der Waals surface area contributed by atoms with Crippen molar-refractivity contribution in [3.05, 3.63) is 41.7 Å². The minimum atomic E-state index is -1.29. The molecule has 0 aliphatic carbocycles. The first kappa shape index (κ1) is 16.7. The normalized spacial score (nSPS) is 10.8. The molecule has 0 bridgehead atoms. The van der Waals surface area contributed by atoms with Gasteiger partial charge in [0.1, 0.15) is 11.3 Å². The van der Waals surface area contributed by atoms with Crippen LogP contribution >= 0.6 is 0 Å². The minimum Gasteiger partial charge on any atom is -0.507 e. The number of fused-ring (bicyclic) bond motifs is 1. The number of phenols is 1. The number of methoxy groups -OCH3 is 2. The summed E-state index contributed by atoms with van der Waals surface area (Å²) in [6, 6.07) is 6.42. The van der Waals surface area contributed by atoms with Gasteiger partial charge in [0.05, 0.1) is 38.0 Å². The number of aromatic hydroxyl groups is 1. The maximum absolute atomic E-state index is 11.9. The molecular weight excluding hydrogens is 328 g/mol. The molecule has 3 aromatic rings. The SMILES string of the molecule is COc1ccc(-c2c(C(=O)O)c(CO)c(O)c3ccoc23)cc1OC. The van der Waals surface area contributed by atoms with Crippen molar-refractivity contribution in [1.82, 2.24) is 0 Å². The Labute approximate surface area is 142 Å². The quantitative estimate of drug-likeness (QED) is 0.652. The Morgan fingerprint density at radius 3 is 2.48 bits per heavy atom. The lowest BCUT2D eigenvalue weighted by molar-refractivity contribution is 0.0693. The van der Waals surface area contributed by atoms with E-state index < -0.39 is 12.6 Å². The van der Waals surface area contributed by atoms with Crippen LogP contribution in [0, 0.1) is 0 Å². The third kappa shape index (κ3) is 2.54. The summed E-state index contributed by atoms with van der Waals surface area (Å²) in [7, 11) is 2.97. The fourth-order valence-electron chi connectivity index (χ4n) is 2.89. The molecule has 2 aromatic carbocycles. The molecule has 0 aliphatic rings. The molecule has 130 valence electrons. The van der Waals surface area contributed by atoms with Gasteiger partial charge in [-0.05, 0) is 23.8 Å². The minimum absolute atomic E-state index is 0.0776. The molecule has 1 aromatic heterocycles. The van der Waals surface area contributed by atoms with Gasteiger partial charge in [-0.2, -0.15) is 0 Å². The third-order valence-corrected chi connectivity index (χ3v) is 4.03. The highest BCUT2D eigenvalue weighted by atomic mass is 16.5. The van der Waals surface area contributed by atoms with E-state index in [2.05, 4.69) is 0 Å². The van der Waals surface area contributed by atoms with Crippen molar-refractivity contribution in [1.29, 1.82) is 0 Å². The fourth-order valence-corrected chi connectivity index (χ4v) is 2.89. The van der Waals surface area contributed by atoms with Crippen LogP contribution in [-0.2, 0) is 6.61 Å². The molecule has 1 heterocycles. The second kappa shape index (κ2) is 6.37. The lowest BCUT2D eigenvalue weighted by atomic mass is 9.92. The van der Waals surface area contributed by atoms with E-state index in [1.165, 1.54) is 26.5 Å². The second-order valence-electron chi connectivity index (χ2n) is 5.27. The van der Waals surface area contributed by atoms with Gasteiger partial charge in [-0.25, -0.2) is 4.79 Å². The monoisotopic (exact) mass is 344 g/mol. The maximum atomic E-state index is 11.9. The van der Waals surface area contributed by atoms with E-state index in [0.717, 1.165) is 0 Å². The Hall–Kier alpha value is -3.19. The van der Waals surface area contributed by atoms with Gasteiger partial charge in [0.25, 0.3) is 0 Å². The summed E-state index contributed by atoms with van der Waals surface area (Å²) in [6.07, 6.45) is 1.35. The molecule has 0 amide bonds. The van der Waals surface area contributed by atoms with E-state index in [1.807, 2.05) is 0 Å². The van der Waals surface area contributed by atoms with Crippen LogP contribution in [0.4, 0.5) is 0 Å². The van der Waals surface area contributed by atoms with Crippen LogP contribution in [0.1, 0.15) is 15.9 Å². The van der Waals surface area contributed by atoms with Crippen molar-refractivity contribution in [2.75, 3.05) is 14.2 Å². The molecule has 3 rings (SSSR count). The number of ether oxygens (including phenoxy) is 2. The average Bonchev–Trinajstić information content (AvgIpc) is 3.10. The summed E-state index contributed by atoms with van der Waals surface area (Å²) < 4.78 is 15.9.